The smallest absolute Gasteiger partial charge is 0.331 e. The lowest BCUT2D eigenvalue weighted by molar-refractivity contribution is 0.0951. The van der Waals surface area contributed by atoms with Crippen LogP contribution in [0.25, 0.3) is 10.9 Å². The second-order valence-corrected chi connectivity index (χ2v) is 8.52. The second kappa shape index (κ2) is 9.42. The number of aromatic nitrogens is 2. The quantitative estimate of drug-likeness (QED) is 0.645. The van der Waals surface area contributed by atoms with Crippen molar-refractivity contribution in [2.45, 2.75) is 45.2 Å². The van der Waals surface area contributed by atoms with Crippen molar-refractivity contribution in [3.63, 3.8) is 0 Å². The SMILES string of the molecule is COc1ccc(CNC(=O)c2ccc3c(c2)c(=O)n(CC2CCCCC2)c(=O)n3C)cc1. The number of nitrogens with zero attached hydrogens (tertiary/aromatic N) is 2. The molecular weight excluding hydrogens is 406 g/mol. The number of rotatable bonds is 6. The Morgan fingerprint density at radius 2 is 1.78 bits per heavy atom. The lowest BCUT2D eigenvalue weighted by Gasteiger charge is -2.22. The molecule has 7 heteroatoms. The van der Waals surface area contributed by atoms with Gasteiger partial charge in [-0.3, -0.25) is 18.7 Å². The van der Waals surface area contributed by atoms with Gasteiger partial charge in [0, 0.05) is 25.7 Å². The molecule has 1 N–H and O–H groups in total. The first-order valence-corrected chi connectivity index (χ1v) is 11.1. The van der Waals surface area contributed by atoms with E-state index in [9.17, 15) is 14.4 Å². The summed E-state index contributed by atoms with van der Waals surface area (Å²) in [6, 6.07) is 12.4. The molecule has 0 unspecified atom stereocenters. The van der Waals surface area contributed by atoms with Crippen molar-refractivity contribution in [1.82, 2.24) is 14.5 Å². The average molecular weight is 436 g/mol. The molecule has 168 valence electrons. The number of ether oxygens (including phenoxy) is 1. The van der Waals surface area contributed by atoms with Gasteiger partial charge in [0.25, 0.3) is 11.5 Å². The summed E-state index contributed by atoms with van der Waals surface area (Å²) in [4.78, 5) is 38.8. The van der Waals surface area contributed by atoms with E-state index in [-0.39, 0.29) is 17.2 Å². The maximum atomic E-state index is 13.2. The van der Waals surface area contributed by atoms with E-state index in [1.165, 1.54) is 15.6 Å². The summed E-state index contributed by atoms with van der Waals surface area (Å²) in [6.45, 7) is 0.801. The molecular formula is C25H29N3O4. The van der Waals surface area contributed by atoms with Gasteiger partial charge in [-0.05, 0) is 54.7 Å². The summed E-state index contributed by atoms with van der Waals surface area (Å²) in [5.41, 5.74) is 1.25. The van der Waals surface area contributed by atoms with Crippen LogP contribution >= 0.6 is 0 Å². The largest absolute Gasteiger partial charge is 0.497 e. The van der Waals surface area contributed by atoms with Crippen LogP contribution in [0.5, 0.6) is 5.75 Å². The van der Waals surface area contributed by atoms with E-state index in [4.69, 9.17) is 4.74 Å². The molecule has 2 aromatic carbocycles. The Morgan fingerprint density at radius 3 is 2.47 bits per heavy atom. The van der Waals surface area contributed by atoms with Crippen LogP contribution in [0.3, 0.4) is 0 Å². The molecule has 4 rings (SSSR count). The summed E-state index contributed by atoms with van der Waals surface area (Å²) < 4.78 is 7.99. The summed E-state index contributed by atoms with van der Waals surface area (Å²) >= 11 is 0. The van der Waals surface area contributed by atoms with E-state index in [1.807, 2.05) is 24.3 Å². The topological polar surface area (TPSA) is 82.3 Å². The number of amides is 1. The molecule has 0 atom stereocenters. The van der Waals surface area contributed by atoms with E-state index >= 15 is 0 Å². The standard InChI is InChI=1S/C25H29N3O4/c1-27-22-13-10-19(23(29)26-15-17-8-11-20(32-2)12-9-17)14-21(22)24(30)28(25(27)31)16-18-6-4-3-5-7-18/h8-14,18H,3-7,15-16H2,1-2H3,(H,26,29). The number of benzene rings is 2. The predicted octanol–water partition coefficient (Wildman–Crippen LogP) is 3.22. The fourth-order valence-corrected chi connectivity index (χ4v) is 4.47. The van der Waals surface area contributed by atoms with Crippen molar-refractivity contribution in [2.24, 2.45) is 13.0 Å². The Labute approximate surface area is 186 Å². The highest BCUT2D eigenvalue weighted by Crippen LogP contribution is 2.24. The van der Waals surface area contributed by atoms with Crippen molar-refractivity contribution in [3.05, 3.63) is 74.4 Å². The highest BCUT2D eigenvalue weighted by atomic mass is 16.5. The molecule has 1 aromatic heterocycles. The first-order valence-electron chi connectivity index (χ1n) is 11.1. The minimum Gasteiger partial charge on any atom is -0.497 e. The minimum absolute atomic E-state index is 0.269. The predicted molar refractivity (Wildman–Crippen MR) is 124 cm³/mol. The zero-order chi connectivity index (χ0) is 22.7. The molecule has 1 aliphatic carbocycles. The lowest BCUT2D eigenvalue weighted by Crippen LogP contribution is -2.41. The van der Waals surface area contributed by atoms with Crippen LogP contribution in [0.2, 0.25) is 0 Å². The molecule has 1 heterocycles. The van der Waals surface area contributed by atoms with Gasteiger partial charge in [0.15, 0.2) is 0 Å². The van der Waals surface area contributed by atoms with E-state index in [0.717, 1.165) is 37.0 Å². The Kier molecular flexibility index (Phi) is 6.44. The van der Waals surface area contributed by atoms with Crippen LogP contribution in [0, 0.1) is 5.92 Å². The minimum atomic E-state index is -0.321. The molecule has 0 radical (unpaired) electrons. The maximum Gasteiger partial charge on any atom is 0.331 e. The van der Waals surface area contributed by atoms with Gasteiger partial charge in [-0.1, -0.05) is 31.4 Å². The van der Waals surface area contributed by atoms with E-state index in [2.05, 4.69) is 5.32 Å². The second-order valence-electron chi connectivity index (χ2n) is 8.52. The van der Waals surface area contributed by atoms with Gasteiger partial charge in [-0.2, -0.15) is 0 Å². The number of carbonyl (C=O) groups excluding carboxylic acids is 1. The van der Waals surface area contributed by atoms with Crippen molar-refractivity contribution in [3.8, 4) is 5.75 Å². The molecule has 1 saturated carbocycles. The molecule has 1 amide bonds. The van der Waals surface area contributed by atoms with Crippen molar-refractivity contribution in [1.29, 1.82) is 0 Å². The Morgan fingerprint density at radius 1 is 1.06 bits per heavy atom. The van der Waals surface area contributed by atoms with Crippen LogP contribution in [-0.2, 0) is 20.1 Å². The summed E-state index contributed by atoms with van der Waals surface area (Å²) in [7, 11) is 3.28. The third-order valence-corrected chi connectivity index (χ3v) is 6.39. The first kappa shape index (κ1) is 21.9. The number of hydrogen-bond acceptors (Lipinski definition) is 4. The molecule has 7 nitrogen and oxygen atoms in total. The highest BCUT2D eigenvalue weighted by molar-refractivity contribution is 5.97. The number of methoxy groups -OCH3 is 1. The van der Waals surface area contributed by atoms with Crippen LogP contribution in [0.15, 0.2) is 52.1 Å². The molecule has 3 aromatic rings. The van der Waals surface area contributed by atoms with Gasteiger partial charge in [-0.25, -0.2) is 4.79 Å². The number of aryl methyl sites for hydroxylation is 1. The fourth-order valence-electron chi connectivity index (χ4n) is 4.47. The van der Waals surface area contributed by atoms with Gasteiger partial charge in [-0.15, -0.1) is 0 Å². The van der Waals surface area contributed by atoms with Crippen LogP contribution in [-0.4, -0.2) is 22.2 Å². The van der Waals surface area contributed by atoms with Crippen molar-refractivity contribution in [2.75, 3.05) is 7.11 Å². The molecule has 32 heavy (non-hydrogen) atoms. The third-order valence-electron chi connectivity index (χ3n) is 6.39. The molecule has 1 aliphatic rings. The monoisotopic (exact) mass is 435 g/mol. The first-order chi connectivity index (χ1) is 15.5. The van der Waals surface area contributed by atoms with Crippen LogP contribution in [0.4, 0.5) is 0 Å². The van der Waals surface area contributed by atoms with Crippen molar-refractivity contribution >= 4 is 16.8 Å². The van der Waals surface area contributed by atoms with Gasteiger partial charge in [0.2, 0.25) is 0 Å². The number of fused-ring (bicyclic) bond motifs is 1. The zero-order valence-electron chi connectivity index (χ0n) is 18.6. The Bertz CT molecular complexity index is 1240. The summed E-state index contributed by atoms with van der Waals surface area (Å²) in [5.74, 6) is 0.835. The molecule has 0 bridgehead atoms. The molecule has 0 aliphatic heterocycles. The normalized spacial score (nSPS) is 14.4. The fraction of sp³-hybridized carbons (Fsp3) is 0.400. The molecule has 1 fully saturated rings. The Balaban J connectivity index is 1.59. The van der Waals surface area contributed by atoms with Gasteiger partial charge in [0.1, 0.15) is 5.75 Å². The lowest BCUT2D eigenvalue weighted by atomic mass is 9.89. The maximum absolute atomic E-state index is 13.2. The Hall–Kier alpha value is -3.35. The van der Waals surface area contributed by atoms with E-state index in [1.54, 1.807) is 32.4 Å². The molecule has 0 saturated heterocycles. The van der Waals surface area contributed by atoms with E-state index in [0.29, 0.717) is 35.5 Å². The van der Waals surface area contributed by atoms with Gasteiger partial charge >= 0.3 is 5.69 Å². The highest BCUT2D eigenvalue weighted by Gasteiger charge is 2.19. The van der Waals surface area contributed by atoms with Crippen LogP contribution in [0.1, 0.15) is 48.0 Å². The number of hydrogen-bond donors (Lipinski definition) is 1. The average Bonchev–Trinajstić information content (AvgIpc) is 2.84. The van der Waals surface area contributed by atoms with Gasteiger partial charge < -0.3 is 10.1 Å². The van der Waals surface area contributed by atoms with Crippen LogP contribution < -0.4 is 21.3 Å². The molecule has 0 spiro atoms. The van der Waals surface area contributed by atoms with Crippen molar-refractivity contribution < 1.29 is 9.53 Å². The summed E-state index contributed by atoms with van der Waals surface area (Å²) in [5, 5.41) is 3.27. The third kappa shape index (κ3) is 4.47. The number of carbonyl (C=O) groups is 1. The number of nitrogens with one attached hydrogen (secondary N) is 1. The van der Waals surface area contributed by atoms with Gasteiger partial charge in [0.05, 0.1) is 18.0 Å². The van der Waals surface area contributed by atoms with E-state index < -0.39 is 0 Å². The summed E-state index contributed by atoms with van der Waals surface area (Å²) in [6.07, 6.45) is 5.59. The zero-order valence-corrected chi connectivity index (χ0v) is 18.6.